The van der Waals surface area contributed by atoms with Crippen LogP contribution >= 0.6 is 0 Å². The molecule has 1 saturated heterocycles. The molecule has 132 valence electrons. The van der Waals surface area contributed by atoms with Crippen LogP contribution in [0.4, 0.5) is 4.39 Å². The average Bonchev–Trinajstić information content (AvgIpc) is 2.67. The van der Waals surface area contributed by atoms with Gasteiger partial charge in [0.1, 0.15) is 11.6 Å². The van der Waals surface area contributed by atoms with E-state index >= 15 is 0 Å². The molecule has 0 N–H and O–H groups in total. The molecule has 1 aliphatic rings. The van der Waals surface area contributed by atoms with Crippen molar-refractivity contribution < 1.29 is 13.9 Å². The van der Waals surface area contributed by atoms with Crippen molar-refractivity contribution in [3.8, 4) is 5.75 Å². The molecule has 0 spiro atoms. The molecule has 1 aliphatic heterocycles. The number of likely N-dealkylation sites (tertiary alicyclic amines) is 1. The fourth-order valence-electron chi connectivity index (χ4n) is 3.13. The highest BCUT2D eigenvalue weighted by molar-refractivity contribution is 5.76. The van der Waals surface area contributed by atoms with Crippen molar-refractivity contribution in [3.63, 3.8) is 0 Å². The van der Waals surface area contributed by atoms with Crippen molar-refractivity contribution in [1.82, 2.24) is 9.88 Å². The van der Waals surface area contributed by atoms with Crippen molar-refractivity contribution in [2.75, 3.05) is 19.7 Å². The molecule has 0 saturated carbocycles. The van der Waals surface area contributed by atoms with Crippen LogP contribution in [0.2, 0.25) is 0 Å². The van der Waals surface area contributed by atoms with E-state index in [1.165, 1.54) is 12.1 Å². The number of carbonyl (C=O) groups is 1. The largest absolute Gasteiger partial charge is 0.493 e. The van der Waals surface area contributed by atoms with Gasteiger partial charge in [0.2, 0.25) is 5.91 Å². The van der Waals surface area contributed by atoms with E-state index in [-0.39, 0.29) is 11.7 Å². The van der Waals surface area contributed by atoms with Gasteiger partial charge in [-0.05, 0) is 61.2 Å². The monoisotopic (exact) mass is 342 g/mol. The lowest BCUT2D eigenvalue weighted by atomic mass is 9.98. The third-order valence-electron chi connectivity index (χ3n) is 4.55. The summed E-state index contributed by atoms with van der Waals surface area (Å²) in [5.41, 5.74) is 1.14. The van der Waals surface area contributed by atoms with Crippen molar-refractivity contribution in [2.24, 2.45) is 5.92 Å². The predicted octanol–water partition coefficient (Wildman–Crippen LogP) is 3.47. The number of amides is 1. The second-order valence-corrected chi connectivity index (χ2v) is 6.47. The van der Waals surface area contributed by atoms with Crippen LogP contribution in [0.3, 0.4) is 0 Å². The normalized spacial score (nSPS) is 17.3. The Hall–Kier alpha value is -2.43. The van der Waals surface area contributed by atoms with Gasteiger partial charge in [-0.3, -0.25) is 9.78 Å². The van der Waals surface area contributed by atoms with Gasteiger partial charge in [0.15, 0.2) is 0 Å². The van der Waals surface area contributed by atoms with Gasteiger partial charge in [-0.25, -0.2) is 4.39 Å². The first-order chi connectivity index (χ1) is 12.2. The molecule has 1 aromatic heterocycles. The Morgan fingerprint density at radius 3 is 2.72 bits per heavy atom. The summed E-state index contributed by atoms with van der Waals surface area (Å²) in [7, 11) is 0. The van der Waals surface area contributed by atoms with Gasteiger partial charge >= 0.3 is 0 Å². The van der Waals surface area contributed by atoms with Crippen LogP contribution in [-0.2, 0) is 11.2 Å². The molecule has 2 heterocycles. The number of halogens is 1. The van der Waals surface area contributed by atoms with Gasteiger partial charge in [0.05, 0.1) is 6.61 Å². The molecule has 2 aromatic rings. The molecule has 5 heteroatoms. The molecule has 1 aromatic carbocycles. The Bertz CT molecular complexity index is 676. The summed E-state index contributed by atoms with van der Waals surface area (Å²) in [6.45, 7) is 2.11. The Morgan fingerprint density at radius 2 is 1.96 bits per heavy atom. The summed E-state index contributed by atoms with van der Waals surface area (Å²) in [6, 6.07) is 9.95. The third kappa shape index (κ3) is 5.28. The number of hydrogen-bond acceptors (Lipinski definition) is 3. The maximum Gasteiger partial charge on any atom is 0.222 e. The minimum Gasteiger partial charge on any atom is -0.493 e. The average molecular weight is 342 g/mol. The van der Waals surface area contributed by atoms with Crippen molar-refractivity contribution >= 4 is 5.91 Å². The number of ether oxygens (including phenoxy) is 1. The topological polar surface area (TPSA) is 42.4 Å². The maximum absolute atomic E-state index is 12.9. The molecular formula is C20H23FN2O2. The van der Waals surface area contributed by atoms with Crippen LogP contribution < -0.4 is 4.74 Å². The van der Waals surface area contributed by atoms with Crippen LogP contribution in [0.15, 0.2) is 48.8 Å². The molecule has 1 amide bonds. The van der Waals surface area contributed by atoms with E-state index in [1.807, 2.05) is 17.0 Å². The lowest BCUT2D eigenvalue weighted by Crippen LogP contribution is -2.41. The Morgan fingerprint density at radius 1 is 1.20 bits per heavy atom. The Labute approximate surface area is 147 Å². The predicted molar refractivity (Wildman–Crippen MR) is 93.8 cm³/mol. The van der Waals surface area contributed by atoms with E-state index < -0.39 is 0 Å². The molecule has 0 radical (unpaired) electrons. The fraction of sp³-hybridized carbons (Fsp3) is 0.400. The maximum atomic E-state index is 12.9. The fourth-order valence-corrected chi connectivity index (χ4v) is 3.13. The second-order valence-electron chi connectivity index (χ2n) is 6.47. The first-order valence-corrected chi connectivity index (χ1v) is 8.76. The van der Waals surface area contributed by atoms with Crippen LogP contribution in [0.1, 0.15) is 24.8 Å². The van der Waals surface area contributed by atoms with E-state index in [4.69, 9.17) is 4.74 Å². The number of hydrogen-bond donors (Lipinski definition) is 0. The molecule has 4 nitrogen and oxygen atoms in total. The van der Waals surface area contributed by atoms with Gasteiger partial charge in [0.25, 0.3) is 0 Å². The summed E-state index contributed by atoms with van der Waals surface area (Å²) in [6.07, 6.45) is 6.82. The second kappa shape index (κ2) is 8.60. The Kier molecular flexibility index (Phi) is 5.99. The van der Waals surface area contributed by atoms with Crippen molar-refractivity contribution in [1.29, 1.82) is 0 Å². The van der Waals surface area contributed by atoms with E-state index in [0.29, 0.717) is 24.7 Å². The number of aromatic nitrogens is 1. The molecular weight excluding hydrogens is 319 g/mol. The molecule has 3 rings (SSSR count). The lowest BCUT2D eigenvalue weighted by molar-refractivity contribution is -0.133. The summed E-state index contributed by atoms with van der Waals surface area (Å²) < 4.78 is 18.7. The van der Waals surface area contributed by atoms with Crippen LogP contribution in [0.5, 0.6) is 5.75 Å². The molecule has 1 unspecified atom stereocenters. The van der Waals surface area contributed by atoms with Crippen LogP contribution in [0, 0.1) is 11.7 Å². The van der Waals surface area contributed by atoms with Gasteiger partial charge in [-0.2, -0.15) is 0 Å². The highest BCUT2D eigenvalue weighted by Gasteiger charge is 2.23. The third-order valence-corrected chi connectivity index (χ3v) is 4.55. The number of piperidine rings is 1. The SMILES string of the molecule is O=C(CCc1ccncc1)N1CCCC(COc2ccc(F)cc2)C1. The summed E-state index contributed by atoms with van der Waals surface area (Å²) in [5.74, 6) is 0.922. The number of rotatable bonds is 6. The quantitative estimate of drug-likeness (QED) is 0.807. The highest BCUT2D eigenvalue weighted by atomic mass is 19.1. The smallest absolute Gasteiger partial charge is 0.222 e. The first-order valence-electron chi connectivity index (χ1n) is 8.76. The van der Waals surface area contributed by atoms with Crippen LogP contribution in [-0.4, -0.2) is 35.5 Å². The number of carbonyl (C=O) groups excluding carboxylic acids is 1. The van der Waals surface area contributed by atoms with Crippen molar-refractivity contribution in [2.45, 2.75) is 25.7 Å². The summed E-state index contributed by atoms with van der Waals surface area (Å²) in [4.78, 5) is 18.4. The van der Waals surface area contributed by atoms with E-state index in [9.17, 15) is 9.18 Å². The van der Waals surface area contributed by atoms with Gasteiger partial charge in [-0.1, -0.05) is 0 Å². The zero-order valence-corrected chi connectivity index (χ0v) is 14.2. The standard InChI is InChI=1S/C20H23FN2O2/c21-18-4-6-19(7-5-18)25-15-17-2-1-13-23(14-17)20(24)8-3-16-9-11-22-12-10-16/h4-7,9-12,17H,1-3,8,13-15H2. The Balaban J connectivity index is 1.45. The molecule has 0 bridgehead atoms. The van der Waals surface area contributed by atoms with E-state index in [1.54, 1.807) is 24.5 Å². The van der Waals surface area contributed by atoms with Crippen LogP contribution in [0.25, 0.3) is 0 Å². The zero-order valence-electron chi connectivity index (χ0n) is 14.2. The number of benzene rings is 1. The van der Waals surface area contributed by atoms with E-state index in [2.05, 4.69) is 4.98 Å². The lowest BCUT2D eigenvalue weighted by Gasteiger charge is -2.32. The minimum atomic E-state index is -0.268. The number of pyridine rings is 1. The van der Waals surface area contributed by atoms with E-state index in [0.717, 1.165) is 37.9 Å². The number of aryl methyl sites for hydroxylation is 1. The van der Waals surface area contributed by atoms with Crippen molar-refractivity contribution in [3.05, 3.63) is 60.2 Å². The molecule has 25 heavy (non-hydrogen) atoms. The summed E-state index contributed by atoms with van der Waals surface area (Å²) in [5, 5.41) is 0. The first kappa shape index (κ1) is 17.4. The highest BCUT2D eigenvalue weighted by Crippen LogP contribution is 2.20. The number of nitrogens with zero attached hydrogens (tertiary/aromatic N) is 2. The van der Waals surface area contributed by atoms with Gasteiger partial charge in [0, 0.05) is 37.8 Å². The molecule has 1 atom stereocenters. The zero-order chi connectivity index (χ0) is 17.5. The molecule has 0 aliphatic carbocycles. The molecule has 1 fully saturated rings. The van der Waals surface area contributed by atoms with Gasteiger partial charge < -0.3 is 9.64 Å². The summed E-state index contributed by atoms with van der Waals surface area (Å²) >= 11 is 0. The minimum absolute atomic E-state index is 0.197. The van der Waals surface area contributed by atoms with Gasteiger partial charge in [-0.15, -0.1) is 0 Å².